The highest BCUT2D eigenvalue weighted by molar-refractivity contribution is 5.90. The normalized spacial score (nSPS) is 9.76. The second-order valence-electron chi connectivity index (χ2n) is 4.45. The number of aliphatic hydroxyl groups is 1. The minimum absolute atomic E-state index is 0.0391. The van der Waals surface area contributed by atoms with E-state index in [9.17, 15) is 4.79 Å². The van der Waals surface area contributed by atoms with Gasteiger partial charge in [-0.05, 0) is 24.3 Å². The molecule has 1 aromatic carbocycles. The number of nitrogens with zero attached hydrogens (tertiary/aromatic N) is 2. The third-order valence-corrected chi connectivity index (χ3v) is 2.79. The van der Waals surface area contributed by atoms with Gasteiger partial charge < -0.3 is 15.0 Å². The van der Waals surface area contributed by atoms with Gasteiger partial charge in [-0.3, -0.25) is 4.79 Å². The van der Waals surface area contributed by atoms with Crippen LogP contribution >= 0.6 is 0 Å². The van der Waals surface area contributed by atoms with Crippen LogP contribution < -0.4 is 5.32 Å². The second-order valence-corrected chi connectivity index (χ2v) is 4.45. The maximum atomic E-state index is 11.8. The van der Waals surface area contributed by atoms with Crippen molar-refractivity contribution in [3.63, 3.8) is 0 Å². The fourth-order valence-corrected chi connectivity index (χ4v) is 1.73. The number of aliphatic hydroxyl groups excluding tert-OH is 1. The first-order chi connectivity index (χ1) is 10.3. The standard InChI is InChI=1S/C16H17N3O2/c20-12-2-1-3-14-4-6-15(7-5-14)18-16(21)8-10-19-11-9-17-13-19/h4-7,9,11,13,20H,2,8,10,12H2,(H,18,21). The Morgan fingerprint density at radius 2 is 2.14 bits per heavy atom. The van der Waals surface area contributed by atoms with Crippen molar-refractivity contribution in [2.45, 2.75) is 19.4 Å². The molecule has 1 heterocycles. The number of benzene rings is 1. The Kier molecular flexibility index (Phi) is 5.56. The quantitative estimate of drug-likeness (QED) is 0.820. The first-order valence-electron chi connectivity index (χ1n) is 6.73. The summed E-state index contributed by atoms with van der Waals surface area (Å²) in [4.78, 5) is 15.7. The van der Waals surface area contributed by atoms with Crippen LogP contribution in [0.25, 0.3) is 0 Å². The average molecular weight is 283 g/mol. The molecular formula is C16H17N3O2. The highest BCUT2D eigenvalue weighted by atomic mass is 16.2. The molecule has 108 valence electrons. The Bertz CT molecular complexity index is 622. The van der Waals surface area contributed by atoms with Gasteiger partial charge in [-0.15, -0.1) is 0 Å². The Morgan fingerprint density at radius 1 is 1.33 bits per heavy atom. The van der Waals surface area contributed by atoms with Crippen molar-refractivity contribution < 1.29 is 9.90 Å². The zero-order chi connectivity index (χ0) is 14.9. The second kappa shape index (κ2) is 7.88. The lowest BCUT2D eigenvalue weighted by molar-refractivity contribution is -0.116. The van der Waals surface area contributed by atoms with Crippen LogP contribution in [0, 0.1) is 11.8 Å². The molecule has 0 spiro atoms. The number of carbonyl (C=O) groups is 1. The molecule has 0 aliphatic heterocycles. The van der Waals surface area contributed by atoms with Gasteiger partial charge in [0.15, 0.2) is 0 Å². The van der Waals surface area contributed by atoms with Crippen molar-refractivity contribution in [2.24, 2.45) is 0 Å². The number of anilines is 1. The van der Waals surface area contributed by atoms with Crippen LogP contribution in [0.5, 0.6) is 0 Å². The zero-order valence-electron chi connectivity index (χ0n) is 11.6. The average Bonchev–Trinajstić information content (AvgIpc) is 3.01. The molecule has 0 aliphatic rings. The van der Waals surface area contributed by atoms with Gasteiger partial charge in [-0.1, -0.05) is 11.8 Å². The lowest BCUT2D eigenvalue weighted by atomic mass is 10.2. The first kappa shape index (κ1) is 14.8. The van der Waals surface area contributed by atoms with Crippen LogP contribution in [-0.4, -0.2) is 27.2 Å². The predicted octanol–water partition coefficient (Wildman–Crippen LogP) is 1.65. The fourth-order valence-electron chi connectivity index (χ4n) is 1.73. The number of carbonyl (C=O) groups excluding carboxylic acids is 1. The number of imidazole rings is 1. The van der Waals surface area contributed by atoms with Crippen LogP contribution in [0.15, 0.2) is 43.0 Å². The number of amides is 1. The molecule has 0 aliphatic carbocycles. The van der Waals surface area contributed by atoms with E-state index in [1.54, 1.807) is 12.5 Å². The van der Waals surface area contributed by atoms with Crippen LogP contribution in [0.4, 0.5) is 5.69 Å². The summed E-state index contributed by atoms with van der Waals surface area (Å²) in [6.07, 6.45) is 6.07. The Balaban J connectivity index is 1.82. The molecule has 2 N–H and O–H groups in total. The Hall–Kier alpha value is -2.58. The molecule has 1 aromatic heterocycles. The third-order valence-electron chi connectivity index (χ3n) is 2.79. The summed E-state index contributed by atoms with van der Waals surface area (Å²) in [6, 6.07) is 7.32. The highest BCUT2D eigenvalue weighted by Crippen LogP contribution is 2.09. The van der Waals surface area contributed by atoms with E-state index in [1.165, 1.54) is 0 Å². The summed E-state index contributed by atoms with van der Waals surface area (Å²) < 4.78 is 1.86. The maximum absolute atomic E-state index is 11.8. The van der Waals surface area contributed by atoms with Gasteiger partial charge in [-0.25, -0.2) is 4.98 Å². The Morgan fingerprint density at radius 3 is 2.81 bits per heavy atom. The zero-order valence-corrected chi connectivity index (χ0v) is 11.6. The number of nitrogens with one attached hydrogen (secondary N) is 1. The number of aryl methyl sites for hydroxylation is 1. The molecular weight excluding hydrogens is 266 g/mol. The molecule has 0 fully saturated rings. The van der Waals surface area contributed by atoms with E-state index in [-0.39, 0.29) is 12.5 Å². The smallest absolute Gasteiger partial charge is 0.226 e. The monoisotopic (exact) mass is 283 g/mol. The number of hydrogen-bond donors (Lipinski definition) is 2. The van der Waals surface area contributed by atoms with E-state index in [0.29, 0.717) is 19.4 Å². The van der Waals surface area contributed by atoms with Crippen LogP contribution in [0.3, 0.4) is 0 Å². The molecule has 2 rings (SSSR count). The molecule has 1 amide bonds. The van der Waals surface area contributed by atoms with Crippen LogP contribution in [-0.2, 0) is 11.3 Å². The van der Waals surface area contributed by atoms with Gasteiger partial charge in [0.2, 0.25) is 5.91 Å². The molecule has 0 bridgehead atoms. The highest BCUT2D eigenvalue weighted by Gasteiger charge is 2.02. The molecule has 0 saturated carbocycles. The van der Waals surface area contributed by atoms with Crippen molar-refractivity contribution in [3.05, 3.63) is 48.5 Å². The van der Waals surface area contributed by atoms with Gasteiger partial charge in [-0.2, -0.15) is 0 Å². The third kappa shape index (κ3) is 5.13. The van der Waals surface area contributed by atoms with E-state index in [2.05, 4.69) is 22.1 Å². The number of rotatable bonds is 5. The molecule has 0 unspecified atom stereocenters. The van der Waals surface area contributed by atoms with Gasteiger partial charge in [0, 0.05) is 43.0 Å². The Labute approximate surface area is 123 Å². The van der Waals surface area contributed by atoms with Crippen LogP contribution in [0.1, 0.15) is 18.4 Å². The van der Waals surface area contributed by atoms with E-state index >= 15 is 0 Å². The van der Waals surface area contributed by atoms with Crippen LogP contribution in [0.2, 0.25) is 0 Å². The topological polar surface area (TPSA) is 67.2 Å². The van der Waals surface area contributed by atoms with Crippen molar-refractivity contribution in [3.8, 4) is 11.8 Å². The summed E-state index contributed by atoms with van der Waals surface area (Å²) in [5.74, 6) is 5.75. The summed E-state index contributed by atoms with van der Waals surface area (Å²) in [5.41, 5.74) is 1.61. The van der Waals surface area contributed by atoms with E-state index in [0.717, 1.165) is 11.3 Å². The van der Waals surface area contributed by atoms with Crippen molar-refractivity contribution in [2.75, 3.05) is 11.9 Å². The molecule has 0 radical (unpaired) electrons. The van der Waals surface area contributed by atoms with Gasteiger partial charge in [0.1, 0.15) is 0 Å². The molecule has 5 nitrogen and oxygen atoms in total. The summed E-state index contributed by atoms with van der Waals surface area (Å²) in [5, 5.41) is 11.5. The van der Waals surface area contributed by atoms with Crippen molar-refractivity contribution >= 4 is 11.6 Å². The maximum Gasteiger partial charge on any atom is 0.226 e. The van der Waals surface area contributed by atoms with Gasteiger partial charge in [0.25, 0.3) is 0 Å². The molecule has 0 saturated heterocycles. The SMILES string of the molecule is O=C(CCn1ccnc1)Nc1ccc(C#CCCO)cc1. The lowest BCUT2D eigenvalue weighted by Gasteiger charge is -2.05. The number of aromatic nitrogens is 2. The lowest BCUT2D eigenvalue weighted by Crippen LogP contribution is -2.13. The molecule has 0 atom stereocenters. The summed E-state index contributed by atoms with van der Waals surface area (Å²) in [7, 11) is 0. The number of hydrogen-bond acceptors (Lipinski definition) is 3. The molecule has 5 heteroatoms. The summed E-state index contributed by atoms with van der Waals surface area (Å²) >= 11 is 0. The predicted molar refractivity (Wildman–Crippen MR) is 80.5 cm³/mol. The van der Waals surface area contributed by atoms with E-state index in [4.69, 9.17) is 5.11 Å². The molecule has 2 aromatic rings. The van der Waals surface area contributed by atoms with Crippen molar-refractivity contribution in [1.82, 2.24) is 9.55 Å². The minimum atomic E-state index is -0.0391. The first-order valence-corrected chi connectivity index (χ1v) is 6.73. The molecule has 21 heavy (non-hydrogen) atoms. The largest absolute Gasteiger partial charge is 0.395 e. The van der Waals surface area contributed by atoms with Crippen molar-refractivity contribution in [1.29, 1.82) is 0 Å². The summed E-state index contributed by atoms with van der Waals surface area (Å²) in [6.45, 7) is 0.675. The van der Waals surface area contributed by atoms with E-state index in [1.807, 2.05) is 35.0 Å². The van der Waals surface area contributed by atoms with Gasteiger partial charge in [0.05, 0.1) is 12.9 Å². The minimum Gasteiger partial charge on any atom is -0.395 e. The van der Waals surface area contributed by atoms with Gasteiger partial charge >= 0.3 is 0 Å². The van der Waals surface area contributed by atoms with E-state index < -0.39 is 0 Å². The fraction of sp³-hybridized carbons (Fsp3) is 0.250.